The third kappa shape index (κ3) is 4.31. The van der Waals surface area contributed by atoms with Crippen LogP contribution in [-0.2, 0) is 0 Å². The molecule has 0 saturated heterocycles. The van der Waals surface area contributed by atoms with Crippen LogP contribution in [0.3, 0.4) is 0 Å². The zero-order valence-corrected chi connectivity index (χ0v) is 15.3. The largest absolute Gasteiger partial charge is 0.491 e. The summed E-state index contributed by atoms with van der Waals surface area (Å²) in [6.45, 7) is 8.49. The SMILES string of the molecule is CC(C)Oc1ccccc1C(C)NC(C)c1sccc1Br. The van der Waals surface area contributed by atoms with Crippen molar-refractivity contribution in [2.24, 2.45) is 0 Å². The molecule has 0 amide bonds. The first kappa shape index (κ1) is 16.5. The van der Waals surface area contributed by atoms with Gasteiger partial charge in [0.25, 0.3) is 0 Å². The van der Waals surface area contributed by atoms with E-state index in [9.17, 15) is 0 Å². The molecular weight excluding hydrogens is 346 g/mol. The van der Waals surface area contributed by atoms with Crippen molar-refractivity contribution in [1.29, 1.82) is 0 Å². The molecule has 0 spiro atoms. The van der Waals surface area contributed by atoms with E-state index in [1.807, 2.05) is 12.1 Å². The molecular formula is C17H22BrNOS. The Labute approximate surface area is 139 Å². The predicted octanol–water partition coefficient (Wildman–Crippen LogP) is 5.71. The van der Waals surface area contributed by atoms with E-state index < -0.39 is 0 Å². The summed E-state index contributed by atoms with van der Waals surface area (Å²) < 4.78 is 7.09. The number of nitrogens with one attached hydrogen (secondary N) is 1. The zero-order valence-electron chi connectivity index (χ0n) is 12.9. The maximum Gasteiger partial charge on any atom is 0.124 e. The first-order chi connectivity index (χ1) is 9.99. The van der Waals surface area contributed by atoms with Gasteiger partial charge in [-0.3, -0.25) is 0 Å². The van der Waals surface area contributed by atoms with Crippen molar-refractivity contribution < 1.29 is 4.74 Å². The van der Waals surface area contributed by atoms with E-state index in [-0.39, 0.29) is 12.1 Å². The fourth-order valence-corrected chi connectivity index (χ4v) is 4.09. The van der Waals surface area contributed by atoms with E-state index in [4.69, 9.17) is 4.74 Å². The Balaban J connectivity index is 2.13. The van der Waals surface area contributed by atoms with Gasteiger partial charge in [-0.05, 0) is 61.1 Å². The van der Waals surface area contributed by atoms with Gasteiger partial charge >= 0.3 is 0 Å². The fourth-order valence-electron chi connectivity index (χ4n) is 2.35. The Kier molecular flexibility index (Phi) is 5.85. The van der Waals surface area contributed by atoms with Crippen LogP contribution in [0.2, 0.25) is 0 Å². The quantitative estimate of drug-likeness (QED) is 0.705. The number of para-hydroxylation sites is 1. The average Bonchev–Trinajstić information content (AvgIpc) is 2.85. The highest BCUT2D eigenvalue weighted by Gasteiger charge is 2.17. The summed E-state index contributed by atoms with van der Waals surface area (Å²) in [7, 11) is 0. The summed E-state index contributed by atoms with van der Waals surface area (Å²) in [5.74, 6) is 0.963. The maximum absolute atomic E-state index is 5.92. The Bertz CT molecular complexity index is 582. The molecule has 2 rings (SSSR count). The van der Waals surface area contributed by atoms with Crippen LogP contribution in [0.4, 0.5) is 0 Å². The summed E-state index contributed by atoms with van der Waals surface area (Å²) in [6, 6.07) is 10.9. The molecule has 0 bridgehead atoms. The monoisotopic (exact) mass is 367 g/mol. The van der Waals surface area contributed by atoms with Crippen LogP contribution in [0.15, 0.2) is 40.2 Å². The molecule has 0 saturated carbocycles. The molecule has 1 heterocycles. The van der Waals surface area contributed by atoms with Crippen molar-refractivity contribution in [3.05, 3.63) is 50.6 Å². The van der Waals surface area contributed by atoms with E-state index in [1.165, 1.54) is 14.9 Å². The van der Waals surface area contributed by atoms with Gasteiger partial charge in [-0.1, -0.05) is 18.2 Å². The highest BCUT2D eigenvalue weighted by molar-refractivity contribution is 9.10. The third-order valence-corrected chi connectivity index (χ3v) is 5.34. The van der Waals surface area contributed by atoms with Crippen LogP contribution in [0, 0.1) is 0 Å². The van der Waals surface area contributed by atoms with Gasteiger partial charge in [0.1, 0.15) is 5.75 Å². The number of halogens is 1. The Morgan fingerprint density at radius 2 is 1.76 bits per heavy atom. The fraction of sp³-hybridized carbons (Fsp3) is 0.412. The average molecular weight is 368 g/mol. The van der Waals surface area contributed by atoms with Gasteiger partial charge in [-0.2, -0.15) is 0 Å². The van der Waals surface area contributed by atoms with Crippen molar-refractivity contribution in [2.75, 3.05) is 0 Å². The van der Waals surface area contributed by atoms with Gasteiger partial charge in [-0.25, -0.2) is 0 Å². The van der Waals surface area contributed by atoms with E-state index in [0.29, 0.717) is 6.04 Å². The van der Waals surface area contributed by atoms with Gasteiger partial charge in [0.15, 0.2) is 0 Å². The third-order valence-electron chi connectivity index (χ3n) is 3.29. The molecule has 2 unspecified atom stereocenters. The van der Waals surface area contributed by atoms with Gasteiger partial charge < -0.3 is 10.1 Å². The number of thiophene rings is 1. The normalized spacial score (nSPS) is 14.2. The van der Waals surface area contributed by atoms with Crippen LogP contribution < -0.4 is 10.1 Å². The second kappa shape index (κ2) is 7.43. The van der Waals surface area contributed by atoms with Crippen LogP contribution in [0.1, 0.15) is 50.2 Å². The summed E-state index contributed by atoms with van der Waals surface area (Å²) in [5, 5.41) is 5.76. The molecule has 2 aromatic rings. The Morgan fingerprint density at radius 1 is 1.05 bits per heavy atom. The molecule has 114 valence electrons. The molecule has 2 nitrogen and oxygen atoms in total. The minimum Gasteiger partial charge on any atom is -0.491 e. The molecule has 4 heteroatoms. The van der Waals surface area contributed by atoms with E-state index >= 15 is 0 Å². The summed E-state index contributed by atoms with van der Waals surface area (Å²) in [4.78, 5) is 1.32. The second-order valence-electron chi connectivity index (χ2n) is 5.45. The zero-order chi connectivity index (χ0) is 15.4. The van der Waals surface area contributed by atoms with Gasteiger partial charge in [0.2, 0.25) is 0 Å². The second-order valence-corrected chi connectivity index (χ2v) is 7.25. The standard InChI is InChI=1S/C17H22BrNOS/c1-11(2)20-16-8-6-5-7-14(16)12(3)19-13(4)17-15(18)9-10-21-17/h5-13,19H,1-4H3. The molecule has 0 aliphatic rings. The molecule has 1 aromatic carbocycles. The first-order valence-electron chi connectivity index (χ1n) is 7.23. The minimum absolute atomic E-state index is 0.183. The molecule has 1 N–H and O–H groups in total. The van der Waals surface area contributed by atoms with Crippen molar-refractivity contribution >= 4 is 27.3 Å². The summed E-state index contributed by atoms with van der Waals surface area (Å²) in [6.07, 6.45) is 0.183. The Morgan fingerprint density at radius 3 is 2.38 bits per heavy atom. The van der Waals surface area contributed by atoms with Crippen molar-refractivity contribution in [3.8, 4) is 5.75 Å². The van der Waals surface area contributed by atoms with E-state index in [0.717, 1.165) is 5.75 Å². The van der Waals surface area contributed by atoms with Crippen LogP contribution in [0.5, 0.6) is 5.75 Å². The maximum atomic E-state index is 5.92. The minimum atomic E-state index is 0.183. The highest BCUT2D eigenvalue weighted by atomic mass is 79.9. The van der Waals surface area contributed by atoms with E-state index in [2.05, 4.69) is 72.5 Å². The van der Waals surface area contributed by atoms with Crippen molar-refractivity contribution in [2.45, 2.75) is 45.9 Å². The molecule has 0 aliphatic heterocycles. The van der Waals surface area contributed by atoms with Crippen molar-refractivity contribution in [3.63, 3.8) is 0 Å². The van der Waals surface area contributed by atoms with E-state index in [1.54, 1.807) is 11.3 Å². The number of benzene rings is 1. The smallest absolute Gasteiger partial charge is 0.124 e. The summed E-state index contributed by atoms with van der Waals surface area (Å²) >= 11 is 5.38. The molecule has 0 aliphatic carbocycles. The lowest BCUT2D eigenvalue weighted by atomic mass is 10.1. The molecule has 0 fully saturated rings. The number of rotatable bonds is 6. The predicted molar refractivity (Wildman–Crippen MR) is 94.2 cm³/mol. The molecule has 2 atom stereocenters. The Hall–Kier alpha value is -0.840. The molecule has 1 aromatic heterocycles. The first-order valence-corrected chi connectivity index (χ1v) is 8.90. The lowest BCUT2D eigenvalue weighted by molar-refractivity contribution is 0.237. The van der Waals surface area contributed by atoms with Gasteiger partial charge in [0.05, 0.1) is 6.10 Å². The van der Waals surface area contributed by atoms with Gasteiger partial charge in [-0.15, -0.1) is 11.3 Å². The van der Waals surface area contributed by atoms with Gasteiger partial charge in [0, 0.05) is 27.0 Å². The molecule has 21 heavy (non-hydrogen) atoms. The highest BCUT2D eigenvalue weighted by Crippen LogP contribution is 2.32. The van der Waals surface area contributed by atoms with Crippen LogP contribution in [-0.4, -0.2) is 6.10 Å². The van der Waals surface area contributed by atoms with Crippen LogP contribution >= 0.6 is 27.3 Å². The number of ether oxygens (including phenoxy) is 1. The van der Waals surface area contributed by atoms with Crippen LogP contribution in [0.25, 0.3) is 0 Å². The summed E-state index contributed by atoms with van der Waals surface area (Å²) in [5.41, 5.74) is 1.20. The number of hydrogen-bond donors (Lipinski definition) is 1. The topological polar surface area (TPSA) is 21.3 Å². The lowest BCUT2D eigenvalue weighted by Crippen LogP contribution is -2.23. The number of hydrogen-bond acceptors (Lipinski definition) is 3. The lowest BCUT2D eigenvalue weighted by Gasteiger charge is -2.23. The molecule has 0 radical (unpaired) electrons. The van der Waals surface area contributed by atoms with Crippen molar-refractivity contribution in [1.82, 2.24) is 5.32 Å².